The van der Waals surface area contributed by atoms with Crippen LogP contribution in [-0.2, 0) is 6.61 Å². The van der Waals surface area contributed by atoms with Gasteiger partial charge in [0.25, 0.3) is 0 Å². The topological polar surface area (TPSA) is 35.0 Å². The van der Waals surface area contributed by atoms with Crippen LogP contribution in [0.5, 0.6) is 5.75 Å². The molecule has 0 radical (unpaired) electrons. The summed E-state index contributed by atoms with van der Waals surface area (Å²) in [7, 11) is 0. The molecule has 1 aromatic carbocycles. The minimum atomic E-state index is 0.454. The third-order valence-corrected chi connectivity index (χ3v) is 3.05. The second kappa shape index (κ2) is 5.06. The predicted molar refractivity (Wildman–Crippen MR) is 75.0 cm³/mol. The molecule has 19 heavy (non-hydrogen) atoms. The van der Waals surface area contributed by atoms with Crippen LogP contribution in [0.15, 0.2) is 54.9 Å². The molecule has 0 aliphatic rings. The lowest BCUT2D eigenvalue weighted by molar-refractivity contribution is 0.304. The fraction of sp³-hybridized carbons (Fsp3) is 0.125. The van der Waals surface area contributed by atoms with Gasteiger partial charge < -0.3 is 4.74 Å². The van der Waals surface area contributed by atoms with Crippen molar-refractivity contribution in [3.63, 3.8) is 0 Å². The van der Waals surface area contributed by atoms with Gasteiger partial charge in [-0.2, -0.15) is 0 Å². The van der Waals surface area contributed by atoms with Gasteiger partial charge in [-0.25, -0.2) is 0 Å². The molecule has 0 fully saturated rings. The Labute approximate surface area is 111 Å². The first kappa shape index (κ1) is 11.7. The number of rotatable bonds is 3. The van der Waals surface area contributed by atoms with Crippen molar-refractivity contribution in [1.29, 1.82) is 0 Å². The molecule has 94 valence electrons. The minimum absolute atomic E-state index is 0.454. The number of para-hydroxylation sites is 1. The highest BCUT2D eigenvalue weighted by Crippen LogP contribution is 2.25. The number of aromatic nitrogens is 2. The average molecular weight is 250 g/mol. The van der Waals surface area contributed by atoms with Crippen molar-refractivity contribution < 1.29 is 4.74 Å². The second-order valence-corrected chi connectivity index (χ2v) is 4.39. The molecular formula is C16H14N2O. The molecule has 0 amide bonds. The van der Waals surface area contributed by atoms with Crippen molar-refractivity contribution in [1.82, 2.24) is 9.97 Å². The van der Waals surface area contributed by atoms with Gasteiger partial charge in [-0.3, -0.25) is 9.97 Å². The highest BCUT2D eigenvalue weighted by molar-refractivity contribution is 5.86. The van der Waals surface area contributed by atoms with Crippen LogP contribution in [0.1, 0.15) is 11.3 Å². The maximum atomic E-state index is 5.84. The largest absolute Gasteiger partial charge is 0.485 e. The molecule has 3 nitrogen and oxygen atoms in total. The highest BCUT2D eigenvalue weighted by atomic mass is 16.5. The van der Waals surface area contributed by atoms with Crippen LogP contribution in [0, 0.1) is 6.92 Å². The summed E-state index contributed by atoms with van der Waals surface area (Å²) in [6.45, 7) is 2.53. The highest BCUT2D eigenvalue weighted by Gasteiger charge is 2.05. The fourth-order valence-corrected chi connectivity index (χ4v) is 2.04. The summed E-state index contributed by atoms with van der Waals surface area (Å²) in [6.07, 6.45) is 3.58. The first-order valence-electron chi connectivity index (χ1n) is 6.21. The molecule has 0 spiro atoms. The summed E-state index contributed by atoms with van der Waals surface area (Å²) in [5.74, 6) is 0.798. The Balaban J connectivity index is 1.91. The second-order valence-electron chi connectivity index (χ2n) is 4.39. The molecular weight excluding hydrogens is 236 g/mol. The first-order chi connectivity index (χ1) is 9.34. The number of ether oxygens (including phenoxy) is 1. The zero-order valence-corrected chi connectivity index (χ0v) is 10.7. The molecule has 0 atom stereocenters. The molecule has 0 saturated heterocycles. The molecule has 2 aromatic heterocycles. The average Bonchev–Trinajstić information content (AvgIpc) is 2.47. The fourth-order valence-electron chi connectivity index (χ4n) is 2.04. The summed E-state index contributed by atoms with van der Waals surface area (Å²) < 4.78 is 5.84. The smallest absolute Gasteiger partial charge is 0.146 e. The van der Waals surface area contributed by atoms with Crippen molar-refractivity contribution in [3.05, 3.63) is 66.1 Å². The summed E-state index contributed by atoms with van der Waals surface area (Å²) in [4.78, 5) is 8.65. The Morgan fingerprint density at radius 1 is 0.947 bits per heavy atom. The Kier molecular flexibility index (Phi) is 3.11. The number of nitrogens with zero attached hydrogens (tertiary/aromatic N) is 2. The van der Waals surface area contributed by atoms with Gasteiger partial charge in [-0.15, -0.1) is 0 Å². The third-order valence-electron chi connectivity index (χ3n) is 3.05. The van der Waals surface area contributed by atoms with Crippen LogP contribution in [0.25, 0.3) is 10.9 Å². The van der Waals surface area contributed by atoms with Crippen LogP contribution in [0.4, 0.5) is 0 Å². The van der Waals surface area contributed by atoms with Crippen LogP contribution in [0.3, 0.4) is 0 Å². The Bertz CT molecular complexity index is 695. The lowest BCUT2D eigenvalue weighted by atomic mass is 10.1. The molecule has 3 aromatic rings. The predicted octanol–water partition coefficient (Wildman–Crippen LogP) is 3.52. The Morgan fingerprint density at radius 2 is 1.89 bits per heavy atom. The van der Waals surface area contributed by atoms with Gasteiger partial charge in [-0.1, -0.05) is 18.2 Å². The number of hydrogen-bond donors (Lipinski definition) is 0. The van der Waals surface area contributed by atoms with Crippen LogP contribution >= 0.6 is 0 Å². The number of hydrogen-bond acceptors (Lipinski definition) is 3. The minimum Gasteiger partial charge on any atom is -0.485 e. The Hall–Kier alpha value is -2.42. The van der Waals surface area contributed by atoms with E-state index in [2.05, 4.69) is 23.0 Å². The van der Waals surface area contributed by atoms with E-state index < -0.39 is 0 Å². The molecule has 0 aliphatic carbocycles. The standard InChI is InChI=1S/C16H14N2O/c1-12-8-10-18-16-14(12)6-4-7-15(16)19-11-13-5-2-3-9-17-13/h2-10H,11H2,1H3. The van der Waals surface area contributed by atoms with Crippen molar-refractivity contribution in [2.45, 2.75) is 13.5 Å². The van der Waals surface area contributed by atoms with E-state index in [-0.39, 0.29) is 0 Å². The SMILES string of the molecule is Cc1ccnc2c(OCc3ccccn3)cccc12. The van der Waals surface area contributed by atoms with Gasteiger partial charge in [0.15, 0.2) is 0 Å². The molecule has 0 aliphatic heterocycles. The maximum Gasteiger partial charge on any atom is 0.146 e. The molecule has 2 heterocycles. The zero-order chi connectivity index (χ0) is 13.1. The maximum absolute atomic E-state index is 5.84. The van der Waals surface area contributed by atoms with E-state index in [4.69, 9.17) is 4.74 Å². The molecule has 0 saturated carbocycles. The zero-order valence-electron chi connectivity index (χ0n) is 10.7. The van der Waals surface area contributed by atoms with Crippen molar-refractivity contribution in [2.24, 2.45) is 0 Å². The van der Waals surface area contributed by atoms with Gasteiger partial charge in [-0.05, 0) is 36.8 Å². The van der Waals surface area contributed by atoms with Gasteiger partial charge in [0, 0.05) is 17.8 Å². The third kappa shape index (κ3) is 2.40. The van der Waals surface area contributed by atoms with Crippen LogP contribution in [0.2, 0.25) is 0 Å². The summed E-state index contributed by atoms with van der Waals surface area (Å²) in [5, 5.41) is 1.13. The molecule has 0 bridgehead atoms. The van der Waals surface area contributed by atoms with Gasteiger partial charge in [0.1, 0.15) is 17.9 Å². The number of aryl methyl sites for hydroxylation is 1. The summed E-state index contributed by atoms with van der Waals surface area (Å²) in [6, 6.07) is 13.8. The van der Waals surface area contributed by atoms with Crippen molar-refractivity contribution in [3.8, 4) is 5.75 Å². The van der Waals surface area contributed by atoms with E-state index in [1.807, 2.05) is 42.6 Å². The quantitative estimate of drug-likeness (QED) is 0.713. The van der Waals surface area contributed by atoms with Crippen LogP contribution < -0.4 is 4.74 Å². The van der Waals surface area contributed by atoms with Crippen LogP contribution in [-0.4, -0.2) is 9.97 Å². The number of pyridine rings is 2. The van der Waals surface area contributed by atoms with Gasteiger partial charge in [0.2, 0.25) is 0 Å². The van der Waals surface area contributed by atoms with E-state index in [9.17, 15) is 0 Å². The molecule has 0 unspecified atom stereocenters. The number of fused-ring (bicyclic) bond motifs is 1. The van der Waals surface area contributed by atoms with Gasteiger partial charge >= 0.3 is 0 Å². The van der Waals surface area contributed by atoms with Gasteiger partial charge in [0.05, 0.1) is 5.69 Å². The molecule has 0 N–H and O–H groups in total. The van der Waals surface area contributed by atoms with Crippen molar-refractivity contribution in [2.75, 3.05) is 0 Å². The monoisotopic (exact) mass is 250 g/mol. The van der Waals surface area contributed by atoms with E-state index >= 15 is 0 Å². The first-order valence-corrected chi connectivity index (χ1v) is 6.21. The van der Waals surface area contributed by atoms with E-state index in [0.717, 1.165) is 22.3 Å². The Morgan fingerprint density at radius 3 is 2.74 bits per heavy atom. The lowest BCUT2D eigenvalue weighted by Gasteiger charge is -2.09. The molecule has 3 heteroatoms. The molecule has 3 rings (SSSR count). The van der Waals surface area contributed by atoms with E-state index in [1.54, 1.807) is 6.20 Å². The normalized spacial score (nSPS) is 10.6. The number of benzene rings is 1. The van der Waals surface area contributed by atoms with Crippen molar-refractivity contribution >= 4 is 10.9 Å². The van der Waals surface area contributed by atoms with E-state index in [1.165, 1.54) is 5.56 Å². The lowest BCUT2D eigenvalue weighted by Crippen LogP contribution is -1.98. The van der Waals surface area contributed by atoms with E-state index in [0.29, 0.717) is 6.61 Å². The summed E-state index contributed by atoms with van der Waals surface area (Å²) >= 11 is 0. The summed E-state index contributed by atoms with van der Waals surface area (Å²) in [5.41, 5.74) is 3.01.